The molecule has 1 aromatic carbocycles. The first-order valence-electron chi connectivity index (χ1n) is 18.5. The highest BCUT2D eigenvalue weighted by Gasteiger charge is 2.27. The average molecular weight is 737 g/mol. The van der Waals surface area contributed by atoms with Gasteiger partial charge in [0.25, 0.3) is 11.7 Å². The number of aromatic nitrogens is 6. The molecular weight excluding hydrogens is 691 g/mol. The quantitative estimate of drug-likeness (QED) is 0.117. The number of pyridine rings is 1. The van der Waals surface area contributed by atoms with Crippen LogP contribution in [0.15, 0.2) is 59.6 Å². The van der Waals surface area contributed by atoms with Crippen LogP contribution in [0, 0.1) is 5.82 Å². The molecule has 2 aliphatic rings. The Labute approximate surface area is 312 Å². The third-order valence-corrected chi connectivity index (χ3v) is 10.1. The second-order valence-corrected chi connectivity index (χ2v) is 15.1. The highest BCUT2D eigenvalue weighted by Crippen LogP contribution is 2.29. The van der Waals surface area contributed by atoms with Gasteiger partial charge in [0.15, 0.2) is 0 Å². The van der Waals surface area contributed by atoms with E-state index in [9.17, 15) is 14.4 Å². The van der Waals surface area contributed by atoms with Crippen molar-refractivity contribution in [3.63, 3.8) is 0 Å². The van der Waals surface area contributed by atoms with Crippen LogP contribution < -0.4 is 16.0 Å². The van der Waals surface area contributed by atoms with E-state index in [0.717, 1.165) is 74.2 Å². The number of likely N-dealkylation sites (tertiary alicyclic amines) is 1. The van der Waals surface area contributed by atoms with Gasteiger partial charge in [0, 0.05) is 47.3 Å². The van der Waals surface area contributed by atoms with Gasteiger partial charge in [-0.3, -0.25) is 24.7 Å². The van der Waals surface area contributed by atoms with E-state index in [1.165, 1.54) is 12.4 Å². The molecule has 14 nitrogen and oxygen atoms in total. The summed E-state index contributed by atoms with van der Waals surface area (Å²) >= 11 is 0. The molecule has 6 heterocycles. The van der Waals surface area contributed by atoms with Crippen LogP contribution in [-0.4, -0.2) is 78.0 Å². The van der Waals surface area contributed by atoms with Gasteiger partial charge >= 0.3 is 0 Å². The lowest BCUT2D eigenvalue weighted by Crippen LogP contribution is -2.47. The molecule has 0 spiro atoms. The van der Waals surface area contributed by atoms with Gasteiger partial charge < -0.3 is 20.1 Å². The summed E-state index contributed by atoms with van der Waals surface area (Å²) < 4.78 is 22.2. The van der Waals surface area contributed by atoms with Gasteiger partial charge in [-0.15, -0.1) is 0 Å². The molecule has 4 aromatic heterocycles. The van der Waals surface area contributed by atoms with Gasteiger partial charge in [0.05, 0.1) is 23.1 Å². The third kappa shape index (κ3) is 8.62. The number of carbonyl (C=O) groups excluding carboxylic acids is 3. The fraction of sp³-hybridized carbons (Fsp3) is 0.436. The number of halogens is 1. The topological polar surface area (TPSA) is 173 Å². The highest BCUT2D eigenvalue weighted by atomic mass is 19.1. The zero-order valence-corrected chi connectivity index (χ0v) is 30.8. The Morgan fingerprint density at radius 2 is 1.89 bits per heavy atom. The molecule has 0 radical (unpaired) electrons. The minimum absolute atomic E-state index is 0.0323. The van der Waals surface area contributed by atoms with E-state index in [2.05, 4.69) is 47.1 Å². The van der Waals surface area contributed by atoms with E-state index in [1.807, 2.05) is 39.1 Å². The molecule has 2 fully saturated rings. The number of aryl methyl sites for hydroxylation is 1. The van der Waals surface area contributed by atoms with Crippen LogP contribution in [-0.2, 0) is 28.0 Å². The Balaban J connectivity index is 0.864. The van der Waals surface area contributed by atoms with Crippen molar-refractivity contribution in [2.24, 2.45) is 0 Å². The van der Waals surface area contributed by atoms with Gasteiger partial charge in [0.2, 0.25) is 17.7 Å². The molecule has 7 rings (SSSR count). The zero-order chi connectivity index (χ0) is 37.8. The largest absolute Gasteiger partial charge is 0.372 e. The molecular formula is C39H45FN10O4. The van der Waals surface area contributed by atoms with E-state index in [4.69, 9.17) is 9.51 Å². The predicted octanol–water partition coefficient (Wildman–Crippen LogP) is 4.96. The molecule has 0 aliphatic carbocycles. The lowest BCUT2D eigenvalue weighted by atomic mass is 9.93. The second-order valence-electron chi connectivity index (χ2n) is 15.1. The Morgan fingerprint density at radius 1 is 1.06 bits per heavy atom. The van der Waals surface area contributed by atoms with Crippen molar-refractivity contribution < 1.29 is 23.3 Å². The molecule has 0 saturated carbocycles. The standard InChI is InChI=1S/C39H45FN10O4/c1-39(2,3)38-47-35(48-54-38)37(53)42-20-27-8-7-26(19-29(27)40)34-32-18-24(22-50(32)44-23-43-34)6-4-5-15-49-16-13-25(14-17-49)30-10-9-28(21-41-30)45-31-11-12-33(51)46-36(31)52/h7-10,18-19,21-23,25,31,45H,4-6,11-17,20H2,1-3H3,(H,42,53)(H,46,51,52). The van der Waals surface area contributed by atoms with Crippen LogP contribution in [0.1, 0.15) is 98.5 Å². The molecule has 1 unspecified atom stereocenters. The van der Waals surface area contributed by atoms with E-state index < -0.39 is 23.2 Å². The Kier molecular flexibility index (Phi) is 10.8. The number of benzene rings is 1. The Bertz CT molecular complexity index is 2130. The molecule has 54 heavy (non-hydrogen) atoms. The van der Waals surface area contributed by atoms with Gasteiger partial charge in [0.1, 0.15) is 18.2 Å². The summed E-state index contributed by atoms with van der Waals surface area (Å²) in [5.74, 6) is -0.849. The summed E-state index contributed by atoms with van der Waals surface area (Å²) in [6, 6.07) is 10.5. The molecule has 0 bridgehead atoms. The predicted molar refractivity (Wildman–Crippen MR) is 198 cm³/mol. The monoisotopic (exact) mass is 736 g/mol. The zero-order valence-electron chi connectivity index (χ0n) is 30.8. The summed E-state index contributed by atoms with van der Waals surface area (Å²) in [5, 5.41) is 16.4. The van der Waals surface area contributed by atoms with Crippen molar-refractivity contribution in [3.8, 4) is 11.3 Å². The van der Waals surface area contributed by atoms with Crippen LogP contribution in [0.3, 0.4) is 0 Å². The molecule has 2 saturated heterocycles. The van der Waals surface area contributed by atoms with Crippen LogP contribution in [0.25, 0.3) is 16.8 Å². The van der Waals surface area contributed by atoms with Crippen molar-refractivity contribution in [2.75, 3.05) is 25.0 Å². The van der Waals surface area contributed by atoms with Gasteiger partial charge in [-0.1, -0.05) is 38.1 Å². The SMILES string of the molecule is CC(C)(C)c1nc(C(=O)NCc2ccc(-c3ncnn4cc(CCCCN5CCC(c6ccc(NC7CCC(=O)NC7=O)cn6)CC5)cc34)cc2F)no1. The summed E-state index contributed by atoms with van der Waals surface area (Å²) in [6.07, 6.45) is 11.2. The number of unbranched alkanes of at least 4 members (excludes halogenated alkanes) is 1. The molecule has 282 valence electrons. The number of nitrogens with one attached hydrogen (secondary N) is 3. The molecule has 5 aromatic rings. The van der Waals surface area contributed by atoms with Crippen LogP contribution in [0.4, 0.5) is 10.1 Å². The summed E-state index contributed by atoms with van der Waals surface area (Å²) in [7, 11) is 0. The number of hydrogen-bond acceptors (Lipinski definition) is 11. The number of fused-ring (bicyclic) bond motifs is 1. The maximum Gasteiger partial charge on any atom is 0.292 e. The maximum atomic E-state index is 15.2. The molecule has 3 N–H and O–H groups in total. The molecule has 15 heteroatoms. The van der Waals surface area contributed by atoms with Crippen molar-refractivity contribution in [3.05, 3.63) is 89.5 Å². The number of rotatable bonds is 12. The number of piperidine rings is 2. The van der Waals surface area contributed by atoms with Crippen molar-refractivity contribution in [1.29, 1.82) is 0 Å². The summed E-state index contributed by atoms with van der Waals surface area (Å²) in [6.45, 7) is 8.77. The van der Waals surface area contributed by atoms with Crippen LogP contribution in [0.2, 0.25) is 0 Å². The van der Waals surface area contributed by atoms with Gasteiger partial charge in [-0.2, -0.15) is 10.1 Å². The normalized spacial score (nSPS) is 17.1. The Hall–Kier alpha value is -5.57. The number of carbonyl (C=O) groups is 3. The number of anilines is 1. The van der Waals surface area contributed by atoms with E-state index in [-0.39, 0.29) is 24.2 Å². The lowest BCUT2D eigenvalue weighted by Gasteiger charge is -2.31. The second kappa shape index (κ2) is 15.8. The highest BCUT2D eigenvalue weighted by molar-refractivity contribution is 6.01. The number of imide groups is 1. The fourth-order valence-corrected chi connectivity index (χ4v) is 6.94. The summed E-state index contributed by atoms with van der Waals surface area (Å²) in [4.78, 5) is 51.9. The van der Waals surface area contributed by atoms with E-state index in [1.54, 1.807) is 22.8 Å². The number of amides is 3. The third-order valence-electron chi connectivity index (χ3n) is 10.1. The molecule has 2 aliphatic heterocycles. The minimum Gasteiger partial charge on any atom is -0.372 e. The maximum absolute atomic E-state index is 15.2. The van der Waals surface area contributed by atoms with Crippen molar-refractivity contribution >= 4 is 28.9 Å². The number of nitrogens with zero attached hydrogens (tertiary/aromatic N) is 7. The first-order chi connectivity index (χ1) is 26.0. The van der Waals surface area contributed by atoms with Crippen molar-refractivity contribution in [2.45, 2.75) is 89.6 Å². The minimum atomic E-state index is -0.541. The van der Waals surface area contributed by atoms with Gasteiger partial charge in [-0.05, 0) is 88.0 Å². The van der Waals surface area contributed by atoms with E-state index in [0.29, 0.717) is 41.5 Å². The lowest BCUT2D eigenvalue weighted by molar-refractivity contribution is -0.133. The first kappa shape index (κ1) is 36.8. The van der Waals surface area contributed by atoms with Crippen LogP contribution in [0.5, 0.6) is 0 Å². The van der Waals surface area contributed by atoms with Crippen molar-refractivity contribution in [1.82, 2.24) is 45.3 Å². The average Bonchev–Trinajstić information content (AvgIpc) is 3.83. The molecule has 1 atom stereocenters. The smallest absolute Gasteiger partial charge is 0.292 e. The van der Waals surface area contributed by atoms with E-state index >= 15 is 4.39 Å². The van der Waals surface area contributed by atoms with Crippen LogP contribution >= 0.6 is 0 Å². The Morgan fingerprint density at radius 3 is 2.61 bits per heavy atom. The van der Waals surface area contributed by atoms with Gasteiger partial charge in [-0.25, -0.2) is 13.9 Å². The summed E-state index contributed by atoms with van der Waals surface area (Å²) in [5.41, 5.74) is 4.98. The molecule has 3 amide bonds. The number of hydrogen-bond donors (Lipinski definition) is 3. The fourth-order valence-electron chi connectivity index (χ4n) is 6.94. The first-order valence-corrected chi connectivity index (χ1v) is 18.5.